The number of benzene rings is 2. The monoisotopic (exact) mass is 305 g/mol. The van der Waals surface area contributed by atoms with Crippen LogP contribution in [0.2, 0.25) is 5.02 Å². The number of hydrogen-bond donors (Lipinski definition) is 0. The Morgan fingerprint density at radius 2 is 2.10 bits per heavy atom. The molecule has 0 fully saturated rings. The molecule has 0 atom stereocenters. The van der Waals surface area contributed by atoms with Crippen molar-refractivity contribution in [3.63, 3.8) is 0 Å². The molecule has 6 heteroatoms. The van der Waals surface area contributed by atoms with Crippen molar-refractivity contribution in [3.05, 3.63) is 68.2 Å². The van der Waals surface area contributed by atoms with Crippen LogP contribution in [0, 0.1) is 17.0 Å². The van der Waals surface area contributed by atoms with E-state index in [-0.39, 0.29) is 12.3 Å². The largest absolute Gasteiger partial charge is 0.488 e. The van der Waals surface area contributed by atoms with E-state index in [0.717, 1.165) is 0 Å². The number of hydrogen-bond acceptors (Lipinski definition) is 4. The first-order valence-electron chi connectivity index (χ1n) is 6.13. The van der Waals surface area contributed by atoms with Gasteiger partial charge in [0.2, 0.25) is 0 Å². The van der Waals surface area contributed by atoms with Gasteiger partial charge in [0.05, 0.1) is 10.5 Å². The number of carbonyl (C=O) groups excluding carboxylic acids is 1. The van der Waals surface area contributed by atoms with Gasteiger partial charge >= 0.3 is 0 Å². The highest BCUT2D eigenvalue weighted by atomic mass is 35.5. The molecule has 0 unspecified atom stereocenters. The van der Waals surface area contributed by atoms with Gasteiger partial charge in [0.25, 0.3) is 5.69 Å². The van der Waals surface area contributed by atoms with Gasteiger partial charge in [0.15, 0.2) is 6.29 Å². The fourth-order valence-electron chi connectivity index (χ4n) is 1.92. The maximum absolute atomic E-state index is 11.0. The summed E-state index contributed by atoms with van der Waals surface area (Å²) < 4.78 is 5.57. The summed E-state index contributed by atoms with van der Waals surface area (Å²) in [6.45, 7) is 1.80. The second-order valence-electron chi connectivity index (χ2n) is 4.41. The lowest BCUT2D eigenvalue weighted by Gasteiger charge is -2.10. The van der Waals surface area contributed by atoms with Crippen molar-refractivity contribution in [2.24, 2.45) is 0 Å². The van der Waals surface area contributed by atoms with Gasteiger partial charge < -0.3 is 4.74 Å². The molecule has 0 saturated heterocycles. The fourth-order valence-corrected chi connectivity index (χ4v) is 2.10. The van der Waals surface area contributed by atoms with Crippen LogP contribution in [0.3, 0.4) is 0 Å². The average molecular weight is 306 g/mol. The highest BCUT2D eigenvalue weighted by molar-refractivity contribution is 6.30. The molecule has 5 nitrogen and oxygen atoms in total. The zero-order valence-electron chi connectivity index (χ0n) is 11.2. The number of ether oxygens (including phenoxy) is 1. The molecule has 108 valence electrons. The maximum Gasteiger partial charge on any atom is 0.272 e. The number of carbonyl (C=O) groups is 1. The summed E-state index contributed by atoms with van der Waals surface area (Å²) in [5, 5.41) is 11.3. The summed E-state index contributed by atoms with van der Waals surface area (Å²) in [7, 11) is 0. The van der Waals surface area contributed by atoms with Gasteiger partial charge in [-0.05, 0) is 30.7 Å². The zero-order chi connectivity index (χ0) is 15.4. The second-order valence-corrected chi connectivity index (χ2v) is 4.84. The molecule has 2 aromatic carbocycles. The van der Waals surface area contributed by atoms with Crippen LogP contribution < -0.4 is 4.74 Å². The van der Waals surface area contributed by atoms with E-state index in [1.807, 2.05) is 0 Å². The molecule has 0 aliphatic heterocycles. The minimum absolute atomic E-state index is 0.0443. The lowest BCUT2D eigenvalue weighted by molar-refractivity contribution is -0.385. The quantitative estimate of drug-likeness (QED) is 0.476. The summed E-state index contributed by atoms with van der Waals surface area (Å²) in [4.78, 5) is 21.4. The van der Waals surface area contributed by atoms with Crippen molar-refractivity contribution in [3.8, 4) is 5.75 Å². The van der Waals surface area contributed by atoms with Crippen LogP contribution in [0.1, 0.15) is 21.5 Å². The predicted molar refractivity (Wildman–Crippen MR) is 79.0 cm³/mol. The minimum Gasteiger partial charge on any atom is -0.488 e. The fraction of sp³-hybridized carbons (Fsp3) is 0.133. The zero-order valence-corrected chi connectivity index (χ0v) is 12.0. The molecule has 0 aliphatic carbocycles. The predicted octanol–water partition coefficient (Wildman–Crippen LogP) is 3.95. The molecule has 0 bridgehead atoms. The van der Waals surface area contributed by atoms with Gasteiger partial charge in [0.1, 0.15) is 12.4 Å². The number of rotatable bonds is 5. The minimum atomic E-state index is -0.433. The highest BCUT2D eigenvalue weighted by Gasteiger charge is 2.14. The highest BCUT2D eigenvalue weighted by Crippen LogP contribution is 2.25. The topological polar surface area (TPSA) is 69.4 Å². The number of nitro benzene ring substituents is 1. The van der Waals surface area contributed by atoms with Crippen molar-refractivity contribution in [2.45, 2.75) is 13.5 Å². The summed E-state index contributed by atoms with van der Waals surface area (Å²) in [5.41, 5.74) is 1.62. The van der Waals surface area contributed by atoms with Crippen molar-refractivity contribution in [1.29, 1.82) is 0 Å². The number of aldehydes is 1. The van der Waals surface area contributed by atoms with Crippen molar-refractivity contribution in [1.82, 2.24) is 0 Å². The van der Waals surface area contributed by atoms with E-state index < -0.39 is 4.92 Å². The van der Waals surface area contributed by atoms with Crippen LogP contribution in [0.25, 0.3) is 0 Å². The summed E-state index contributed by atoms with van der Waals surface area (Å²) in [6, 6.07) is 9.51. The Kier molecular flexibility index (Phi) is 4.55. The van der Waals surface area contributed by atoms with E-state index in [9.17, 15) is 14.9 Å². The van der Waals surface area contributed by atoms with Crippen molar-refractivity contribution < 1.29 is 14.5 Å². The molecule has 0 spiro atoms. The molecule has 0 radical (unpaired) electrons. The molecule has 0 heterocycles. The molecule has 0 N–H and O–H groups in total. The number of nitrogens with zero attached hydrogens (tertiary/aromatic N) is 1. The Morgan fingerprint density at radius 1 is 1.33 bits per heavy atom. The van der Waals surface area contributed by atoms with Gasteiger partial charge in [-0.1, -0.05) is 23.7 Å². The molecule has 0 saturated carbocycles. The van der Waals surface area contributed by atoms with Crippen LogP contribution in [-0.2, 0) is 6.61 Å². The first-order chi connectivity index (χ1) is 10.0. The lowest BCUT2D eigenvalue weighted by atomic mass is 10.1. The van der Waals surface area contributed by atoms with Gasteiger partial charge in [-0.3, -0.25) is 14.9 Å². The lowest BCUT2D eigenvalue weighted by Crippen LogP contribution is -2.02. The standard InChI is InChI=1S/C15H12ClNO4/c1-10-11(3-2-4-14(10)17(19)20)9-21-15-6-5-13(16)7-12(15)8-18/h2-8H,9H2,1H3. The smallest absolute Gasteiger partial charge is 0.272 e. The average Bonchev–Trinajstić information content (AvgIpc) is 2.46. The molecule has 2 aromatic rings. The molecule has 0 aromatic heterocycles. The Labute approximate surface area is 126 Å². The Morgan fingerprint density at radius 3 is 2.76 bits per heavy atom. The van der Waals surface area contributed by atoms with Crippen LogP contribution >= 0.6 is 11.6 Å². The van der Waals surface area contributed by atoms with E-state index >= 15 is 0 Å². The summed E-state index contributed by atoms with van der Waals surface area (Å²) in [6.07, 6.45) is 0.654. The Hall–Kier alpha value is -2.40. The van der Waals surface area contributed by atoms with Crippen LogP contribution in [0.15, 0.2) is 36.4 Å². The van der Waals surface area contributed by atoms with Gasteiger partial charge in [-0.2, -0.15) is 0 Å². The van der Waals surface area contributed by atoms with E-state index in [0.29, 0.717) is 33.7 Å². The van der Waals surface area contributed by atoms with Crippen molar-refractivity contribution >= 4 is 23.6 Å². The number of nitro groups is 1. The van der Waals surface area contributed by atoms with Crippen molar-refractivity contribution in [2.75, 3.05) is 0 Å². The molecule has 0 aliphatic rings. The second kappa shape index (κ2) is 6.37. The van der Waals surface area contributed by atoms with Crippen LogP contribution in [0.4, 0.5) is 5.69 Å². The van der Waals surface area contributed by atoms with E-state index in [2.05, 4.69) is 0 Å². The molecule has 0 amide bonds. The third kappa shape index (κ3) is 3.38. The molecular formula is C15H12ClNO4. The van der Waals surface area contributed by atoms with E-state index in [1.165, 1.54) is 12.1 Å². The van der Waals surface area contributed by atoms with E-state index in [1.54, 1.807) is 31.2 Å². The van der Waals surface area contributed by atoms with Crippen LogP contribution in [0.5, 0.6) is 5.75 Å². The maximum atomic E-state index is 11.0. The first-order valence-corrected chi connectivity index (χ1v) is 6.51. The van der Waals surface area contributed by atoms with Crippen LogP contribution in [-0.4, -0.2) is 11.2 Å². The first kappa shape index (κ1) is 15.0. The molecule has 2 rings (SSSR count). The normalized spacial score (nSPS) is 10.2. The summed E-state index contributed by atoms with van der Waals surface area (Å²) >= 11 is 5.80. The van der Waals surface area contributed by atoms with Gasteiger partial charge in [-0.15, -0.1) is 0 Å². The third-order valence-electron chi connectivity index (χ3n) is 3.10. The molecular weight excluding hydrogens is 294 g/mol. The van der Waals surface area contributed by atoms with Gasteiger partial charge in [0, 0.05) is 16.7 Å². The SMILES string of the molecule is Cc1c(COc2ccc(Cl)cc2C=O)cccc1[N+](=O)[O-]. The van der Waals surface area contributed by atoms with E-state index in [4.69, 9.17) is 16.3 Å². The molecule has 21 heavy (non-hydrogen) atoms. The van der Waals surface area contributed by atoms with Gasteiger partial charge in [-0.25, -0.2) is 0 Å². The Bertz CT molecular complexity index is 700. The number of halogens is 1. The Balaban J connectivity index is 2.23. The third-order valence-corrected chi connectivity index (χ3v) is 3.33. The summed E-state index contributed by atoms with van der Waals surface area (Å²) in [5.74, 6) is 0.389.